The summed E-state index contributed by atoms with van der Waals surface area (Å²) in [6.45, 7) is 1.25. The number of carbonyl (C=O) groups excluding carboxylic acids is 5. The molecule has 2 aromatic rings. The average molecular weight is 484 g/mol. The molecule has 176 valence electrons. The Balaban J connectivity index is 1.44. The van der Waals surface area contributed by atoms with Gasteiger partial charge in [0.2, 0.25) is 0 Å². The topological polar surface area (TPSA) is 131 Å². The van der Waals surface area contributed by atoms with Crippen molar-refractivity contribution in [1.82, 2.24) is 15.5 Å². The molecule has 2 N–H and O–H groups in total. The molecule has 0 saturated carbocycles. The van der Waals surface area contributed by atoms with Crippen LogP contribution in [0.15, 0.2) is 53.0 Å². The van der Waals surface area contributed by atoms with E-state index in [1.807, 2.05) is 5.38 Å². The van der Waals surface area contributed by atoms with Gasteiger partial charge in [-0.05, 0) is 30.5 Å². The summed E-state index contributed by atoms with van der Waals surface area (Å²) >= 11 is 1.35. The van der Waals surface area contributed by atoms with Crippen LogP contribution in [0.4, 0.5) is 4.79 Å². The highest BCUT2D eigenvalue weighted by molar-refractivity contribution is 7.10. The second-order valence-corrected chi connectivity index (χ2v) is 8.36. The highest BCUT2D eigenvalue weighted by Crippen LogP contribution is 2.31. The molecule has 1 unspecified atom stereocenters. The van der Waals surface area contributed by atoms with Crippen LogP contribution >= 0.6 is 11.3 Å². The Kier molecular flexibility index (Phi) is 6.73. The first-order valence-electron chi connectivity index (χ1n) is 10.5. The lowest BCUT2D eigenvalue weighted by Crippen LogP contribution is -2.47. The lowest BCUT2D eigenvalue weighted by Gasteiger charge is -2.28. The van der Waals surface area contributed by atoms with Gasteiger partial charge in [-0.1, -0.05) is 18.2 Å². The van der Waals surface area contributed by atoms with Crippen molar-refractivity contribution in [2.75, 3.05) is 19.8 Å². The van der Waals surface area contributed by atoms with E-state index in [1.54, 1.807) is 43.3 Å². The van der Waals surface area contributed by atoms with Crippen molar-refractivity contribution in [2.45, 2.75) is 19.4 Å². The fourth-order valence-corrected chi connectivity index (χ4v) is 4.51. The number of esters is 2. The number of nitrogens with one attached hydrogen (secondary N) is 2. The van der Waals surface area contributed by atoms with Gasteiger partial charge >= 0.3 is 18.0 Å². The van der Waals surface area contributed by atoms with E-state index < -0.39 is 35.8 Å². The number of hydrogen-bond acceptors (Lipinski definition) is 8. The molecule has 0 saturated heterocycles. The quantitative estimate of drug-likeness (QED) is 0.434. The minimum absolute atomic E-state index is 0.106. The lowest BCUT2D eigenvalue weighted by atomic mass is 10.0. The van der Waals surface area contributed by atoms with Gasteiger partial charge in [-0.25, -0.2) is 9.59 Å². The highest BCUT2D eigenvalue weighted by Gasteiger charge is 2.36. The summed E-state index contributed by atoms with van der Waals surface area (Å²) in [5.41, 5.74) is 0.830. The average Bonchev–Trinajstić information content (AvgIpc) is 3.44. The van der Waals surface area contributed by atoms with Crippen LogP contribution in [0.5, 0.6) is 0 Å². The van der Waals surface area contributed by atoms with Crippen LogP contribution < -0.4 is 10.6 Å². The van der Waals surface area contributed by atoms with Crippen molar-refractivity contribution >= 4 is 41.1 Å². The zero-order chi connectivity index (χ0) is 24.2. The van der Waals surface area contributed by atoms with Crippen LogP contribution in [0.25, 0.3) is 0 Å². The molecule has 2 aliphatic rings. The molecular weight excluding hydrogens is 462 g/mol. The Bertz CT molecular complexity index is 1150. The predicted octanol–water partition coefficient (Wildman–Crippen LogP) is 2.15. The number of thiophene rings is 1. The number of carbonyl (C=O) groups is 5. The Hall–Kier alpha value is -3.99. The first-order chi connectivity index (χ1) is 16.4. The van der Waals surface area contributed by atoms with Crippen molar-refractivity contribution in [3.05, 3.63) is 69.1 Å². The van der Waals surface area contributed by atoms with Crippen LogP contribution in [0.3, 0.4) is 0 Å². The second-order valence-electron chi connectivity index (χ2n) is 7.38. The summed E-state index contributed by atoms with van der Waals surface area (Å²) in [6, 6.07) is 8.69. The van der Waals surface area contributed by atoms with Crippen LogP contribution in [-0.2, 0) is 19.1 Å². The van der Waals surface area contributed by atoms with Gasteiger partial charge in [-0.15, -0.1) is 11.3 Å². The molecule has 1 aromatic heterocycles. The monoisotopic (exact) mass is 483 g/mol. The molecule has 11 heteroatoms. The van der Waals surface area contributed by atoms with Gasteiger partial charge in [0.1, 0.15) is 6.61 Å². The summed E-state index contributed by atoms with van der Waals surface area (Å²) in [6.07, 6.45) is -0.242. The zero-order valence-electron chi connectivity index (χ0n) is 18.2. The van der Waals surface area contributed by atoms with Crippen molar-refractivity contribution in [2.24, 2.45) is 0 Å². The van der Waals surface area contributed by atoms with Crippen molar-refractivity contribution < 1.29 is 33.4 Å². The molecule has 1 atom stereocenters. The van der Waals surface area contributed by atoms with Gasteiger partial charge in [0.15, 0.2) is 0 Å². The van der Waals surface area contributed by atoms with Crippen molar-refractivity contribution in [3.63, 3.8) is 0 Å². The van der Waals surface area contributed by atoms with Crippen molar-refractivity contribution in [3.8, 4) is 0 Å². The molecule has 0 radical (unpaired) electrons. The SMILES string of the molecule is CCOC(=O)C1=C(COC(=O)CCN2C(=O)c3ccccc3C2=O)NC(=O)NC1c1cccs1. The number of imide groups is 1. The third kappa shape index (κ3) is 4.55. The van der Waals surface area contributed by atoms with E-state index in [9.17, 15) is 24.0 Å². The van der Waals surface area contributed by atoms with Crippen LogP contribution in [0, 0.1) is 0 Å². The fourth-order valence-electron chi connectivity index (χ4n) is 3.72. The molecule has 2 aliphatic heterocycles. The largest absolute Gasteiger partial charge is 0.463 e. The third-order valence-corrected chi connectivity index (χ3v) is 6.21. The van der Waals surface area contributed by atoms with E-state index in [4.69, 9.17) is 9.47 Å². The summed E-state index contributed by atoms with van der Waals surface area (Å²) < 4.78 is 10.4. The maximum Gasteiger partial charge on any atom is 0.338 e. The third-order valence-electron chi connectivity index (χ3n) is 5.27. The molecule has 0 fully saturated rings. The number of hydrogen-bond donors (Lipinski definition) is 2. The van der Waals surface area contributed by atoms with Gasteiger partial charge in [0.05, 0.1) is 41.5 Å². The number of amides is 4. The second kappa shape index (κ2) is 9.87. The molecule has 0 aliphatic carbocycles. The lowest BCUT2D eigenvalue weighted by molar-refractivity contribution is -0.143. The number of benzene rings is 1. The van der Waals surface area contributed by atoms with Gasteiger partial charge in [-0.2, -0.15) is 0 Å². The summed E-state index contributed by atoms with van der Waals surface area (Å²) in [4.78, 5) is 63.8. The Morgan fingerprint density at radius 1 is 1.03 bits per heavy atom. The summed E-state index contributed by atoms with van der Waals surface area (Å²) in [5.74, 6) is -2.28. The maximum atomic E-state index is 12.7. The normalized spacial score (nSPS) is 17.3. The fraction of sp³-hybridized carbons (Fsp3) is 0.261. The smallest absolute Gasteiger partial charge is 0.338 e. The van der Waals surface area contributed by atoms with Gasteiger partial charge in [0.25, 0.3) is 11.8 Å². The van der Waals surface area contributed by atoms with E-state index in [0.29, 0.717) is 16.0 Å². The number of urea groups is 1. The Labute approximate surface area is 198 Å². The minimum atomic E-state index is -0.750. The highest BCUT2D eigenvalue weighted by atomic mass is 32.1. The number of ether oxygens (including phenoxy) is 2. The molecule has 1 aromatic carbocycles. The molecule has 3 heterocycles. The van der Waals surface area contributed by atoms with E-state index in [-0.39, 0.29) is 37.4 Å². The molecule has 10 nitrogen and oxygen atoms in total. The first kappa shape index (κ1) is 23.2. The Morgan fingerprint density at radius 2 is 1.74 bits per heavy atom. The molecular formula is C23H21N3O7S. The van der Waals surface area contributed by atoms with Gasteiger partial charge in [-0.3, -0.25) is 19.3 Å². The number of fused-ring (bicyclic) bond motifs is 1. The number of rotatable bonds is 8. The maximum absolute atomic E-state index is 12.7. The summed E-state index contributed by atoms with van der Waals surface area (Å²) in [7, 11) is 0. The van der Waals surface area contributed by atoms with E-state index in [0.717, 1.165) is 4.90 Å². The van der Waals surface area contributed by atoms with Crippen molar-refractivity contribution in [1.29, 1.82) is 0 Å². The summed E-state index contributed by atoms with van der Waals surface area (Å²) in [5, 5.41) is 7.01. The van der Waals surface area contributed by atoms with Gasteiger partial charge < -0.3 is 20.1 Å². The molecule has 34 heavy (non-hydrogen) atoms. The van der Waals surface area contributed by atoms with Crippen LogP contribution in [-0.4, -0.2) is 54.4 Å². The van der Waals surface area contributed by atoms with Crippen LogP contribution in [0.1, 0.15) is 45.0 Å². The number of nitrogens with zero attached hydrogens (tertiary/aromatic N) is 1. The van der Waals surface area contributed by atoms with Gasteiger partial charge in [0, 0.05) is 11.4 Å². The molecule has 0 spiro atoms. The minimum Gasteiger partial charge on any atom is -0.463 e. The first-order valence-corrected chi connectivity index (χ1v) is 11.4. The van der Waals surface area contributed by atoms with E-state index in [2.05, 4.69) is 10.6 Å². The predicted molar refractivity (Wildman–Crippen MR) is 120 cm³/mol. The molecule has 4 rings (SSSR count). The zero-order valence-corrected chi connectivity index (χ0v) is 19.0. The van der Waals surface area contributed by atoms with Crippen LogP contribution in [0.2, 0.25) is 0 Å². The standard InChI is InChI=1S/C23H21N3O7S/c1-2-32-22(30)18-15(24-23(31)25-19(18)16-8-5-11-34-16)12-33-17(27)9-10-26-20(28)13-6-3-4-7-14(13)21(26)29/h3-8,11,19H,2,9-10,12H2,1H3,(H2,24,25,31). The Morgan fingerprint density at radius 3 is 2.35 bits per heavy atom. The van der Waals surface area contributed by atoms with E-state index in [1.165, 1.54) is 11.3 Å². The molecule has 0 bridgehead atoms. The molecule has 4 amide bonds. The van der Waals surface area contributed by atoms with E-state index >= 15 is 0 Å².